The average Bonchev–Trinajstić information content (AvgIpc) is 2.95. The van der Waals surface area contributed by atoms with E-state index in [0.29, 0.717) is 5.82 Å². The Morgan fingerprint density at radius 1 is 1.30 bits per heavy atom. The number of carbonyl (C=O) groups is 1. The molecule has 1 aliphatic heterocycles. The molecule has 2 aromatic rings. The van der Waals surface area contributed by atoms with E-state index in [1.165, 1.54) is 17.0 Å². The van der Waals surface area contributed by atoms with Crippen LogP contribution in [0.1, 0.15) is 42.5 Å². The second-order valence-corrected chi connectivity index (χ2v) is 6.73. The van der Waals surface area contributed by atoms with Gasteiger partial charge in [0.15, 0.2) is 11.6 Å². The van der Waals surface area contributed by atoms with Gasteiger partial charge in [0.2, 0.25) is 0 Å². The molecule has 0 radical (unpaired) electrons. The summed E-state index contributed by atoms with van der Waals surface area (Å²) in [6.45, 7) is -0.106. The summed E-state index contributed by atoms with van der Waals surface area (Å²) in [6, 6.07) is 2.78. The van der Waals surface area contributed by atoms with E-state index >= 15 is 0 Å². The molecule has 1 aliphatic rings. The number of imidazole rings is 1. The Hall–Kier alpha value is -2.45. The lowest BCUT2D eigenvalue weighted by atomic mass is 9.81. The number of fused-ring (bicyclic) bond motifs is 1. The molecule has 0 aliphatic carbocycles. The zero-order valence-electron chi connectivity index (χ0n) is 14.1. The number of carboxylic acids is 1. The smallest absolute Gasteiger partial charge is 0.396 e. The van der Waals surface area contributed by atoms with E-state index in [2.05, 4.69) is 4.98 Å². The van der Waals surface area contributed by atoms with Gasteiger partial charge in [0, 0.05) is 30.4 Å². The number of halogens is 5. The van der Waals surface area contributed by atoms with Crippen molar-refractivity contribution < 1.29 is 31.9 Å². The van der Waals surface area contributed by atoms with Crippen molar-refractivity contribution in [2.24, 2.45) is 5.92 Å². The number of hydrogen-bond donors (Lipinski definition) is 1. The molecule has 2 heterocycles. The predicted octanol–water partition coefficient (Wildman–Crippen LogP) is 4.48. The number of rotatable bonds is 4. The first kappa shape index (κ1) is 19.3. The summed E-state index contributed by atoms with van der Waals surface area (Å²) in [4.78, 5) is 15.2. The van der Waals surface area contributed by atoms with Crippen molar-refractivity contribution in [1.82, 2.24) is 9.55 Å². The van der Waals surface area contributed by atoms with Crippen LogP contribution in [0.2, 0.25) is 0 Å². The standard InChI is InChI=1S/C18H17F5N2O2/c19-13-3-1-2-12(16(13)20)15(18(21,22)23)11-5-4-10(8-14(26)27)17-24-6-7-25(17)9-11/h1-3,6-7,10-11,15H,4-5,8-9H2,(H,26,27)/t10-,11+,15?/m0/s1. The molecule has 1 aromatic carbocycles. The van der Waals surface area contributed by atoms with Crippen LogP contribution in [0.3, 0.4) is 0 Å². The van der Waals surface area contributed by atoms with Gasteiger partial charge in [-0.2, -0.15) is 13.2 Å². The monoisotopic (exact) mass is 388 g/mol. The number of benzene rings is 1. The third-order valence-electron chi connectivity index (χ3n) is 4.99. The van der Waals surface area contributed by atoms with Gasteiger partial charge < -0.3 is 9.67 Å². The zero-order valence-corrected chi connectivity index (χ0v) is 14.1. The Labute approximate surface area is 151 Å². The van der Waals surface area contributed by atoms with Gasteiger partial charge in [0.05, 0.1) is 12.3 Å². The van der Waals surface area contributed by atoms with Crippen LogP contribution in [0.4, 0.5) is 22.0 Å². The molecular weight excluding hydrogens is 371 g/mol. The van der Waals surface area contributed by atoms with Crippen molar-refractivity contribution in [3.8, 4) is 0 Å². The molecule has 27 heavy (non-hydrogen) atoms. The van der Waals surface area contributed by atoms with Crippen LogP contribution in [-0.4, -0.2) is 26.8 Å². The van der Waals surface area contributed by atoms with Gasteiger partial charge in [-0.05, 0) is 24.8 Å². The van der Waals surface area contributed by atoms with Gasteiger partial charge in [-0.15, -0.1) is 0 Å². The van der Waals surface area contributed by atoms with E-state index < -0.39 is 47.1 Å². The van der Waals surface area contributed by atoms with Crippen LogP contribution in [0.25, 0.3) is 0 Å². The second kappa shape index (κ2) is 7.28. The summed E-state index contributed by atoms with van der Waals surface area (Å²) in [5.41, 5.74) is -0.731. The molecule has 0 fully saturated rings. The molecule has 1 aromatic heterocycles. The van der Waals surface area contributed by atoms with Gasteiger partial charge in [-0.25, -0.2) is 13.8 Å². The number of nitrogens with zero attached hydrogens (tertiary/aromatic N) is 2. The molecule has 3 atom stereocenters. The van der Waals surface area contributed by atoms with E-state index in [4.69, 9.17) is 5.11 Å². The number of alkyl halides is 3. The highest BCUT2D eigenvalue weighted by Crippen LogP contribution is 2.46. The first-order valence-electron chi connectivity index (χ1n) is 8.42. The van der Waals surface area contributed by atoms with E-state index in [9.17, 15) is 26.7 Å². The minimum Gasteiger partial charge on any atom is -0.481 e. The summed E-state index contributed by atoms with van der Waals surface area (Å²) in [5.74, 6) is -7.31. The molecule has 1 N–H and O–H groups in total. The van der Waals surface area contributed by atoms with Crippen LogP contribution < -0.4 is 0 Å². The van der Waals surface area contributed by atoms with Gasteiger partial charge in [0.1, 0.15) is 5.82 Å². The lowest BCUT2D eigenvalue weighted by molar-refractivity contribution is -0.164. The first-order chi connectivity index (χ1) is 12.7. The maximum atomic E-state index is 14.2. The van der Waals surface area contributed by atoms with Gasteiger partial charge >= 0.3 is 12.1 Å². The molecule has 4 nitrogen and oxygen atoms in total. The highest BCUT2D eigenvalue weighted by molar-refractivity contribution is 5.67. The van der Waals surface area contributed by atoms with Crippen LogP contribution in [0.15, 0.2) is 30.6 Å². The van der Waals surface area contributed by atoms with Crippen LogP contribution in [-0.2, 0) is 11.3 Å². The molecule has 9 heteroatoms. The minimum atomic E-state index is -4.79. The van der Waals surface area contributed by atoms with E-state index in [1.807, 2.05) is 0 Å². The number of aliphatic carboxylic acids is 1. The Balaban J connectivity index is 2.00. The summed E-state index contributed by atoms with van der Waals surface area (Å²) >= 11 is 0. The molecule has 146 valence electrons. The van der Waals surface area contributed by atoms with Crippen LogP contribution >= 0.6 is 0 Å². The Kier molecular flexibility index (Phi) is 5.21. The SMILES string of the molecule is O=C(O)C[C@@H]1CC[C@@H](C(c2cccc(F)c2F)C(F)(F)F)Cn2ccnc21. The number of aromatic nitrogens is 2. The average molecular weight is 388 g/mol. The number of hydrogen-bond acceptors (Lipinski definition) is 2. The van der Waals surface area contributed by atoms with Crippen molar-refractivity contribution in [2.75, 3.05) is 0 Å². The van der Waals surface area contributed by atoms with Crippen molar-refractivity contribution >= 4 is 5.97 Å². The van der Waals surface area contributed by atoms with Crippen LogP contribution in [0.5, 0.6) is 0 Å². The van der Waals surface area contributed by atoms with Crippen molar-refractivity contribution in [3.05, 3.63) is 53.6 Å². The first-order valence-corrected chi connectivity index (χ1v) is 8.42. The zero-order chi connectivity index (χ0) is 19.8. The van der Waals surface area contributed by atoms with Gasteiger partial charge in [-0.1, -0.05) is 12.1 Å². The minimum absolute atomic E-state index is 0.0153. The van der Waals surface area contributed by atoms with Crippen molar-refractivity contribution in [2.45, 2.75) is 43.8 Å². The third kappa shape index (κ3) is 3.96. The predicted molar refractivity (Wildman–Crippen MR) is 85.1 cm³/mol. The molecule has 0 saturated heterocycles. The van der Waals surface area contributed by atoms with E-state index in [1.54, 1.807) is 0 Å². The van der Waals surface area contributed by atoms with E-state index in [0.717, 1.165) is 18.2 Å². The summed E-state index contributed by atoms with van der Waals surface area (Å²) < 4.78 is 70.7. The molecule has 1 unspecified atom stereocenters. The fourth-order valence-corrected chi connectivity index (χ4v) is 3.86. The van der Waals surface area contributed by atoms with E-state index in [-0.39, 0.29) is 25.8 Å². The Morgan fingerprint density at radius 3 is 2.70 bits per heavy atom. The summed E-state index contributed by atoms with van der Waals surface area (Å²) in [5, 5.41) is 9.06. The fraction of sp³-hybridized carbons (Fsp3) is 0.444. The Bertz CT molecular complexity index is 833. The molecule has 0 amide bonds. The highest BCUT2D eigenvalue weighted by Gasteiger charge is 2.48. The maximum absolute atomic E-state index is 14.2. The molecule has 0 saturated carbocycles. The molecule has 0 spiro atoms. The second-order valence-electron chi connectivity index (χ2n) is 6.73. The lowest BCUT2D eigenvalue weighted by Gasteiger charge is -2.29. The lowest BCUT2D eigenvalue weighted by Crippen LogP contribution is -2.31. The summed E-state index contributed by atoms with van der Waals surface area (Å²) in [6.07, 6.45) is -1.98. The molecule has 3 rings (SSSR count). The molecular formula is C18H17F5N2O2. The van der Waals surface area contributed by atoms with Crippen molar-refractivity contribution in [3.63, 3.8) is 0 Å². The largest absolute Gasteiger partial charge is 0.481 e. The molecule has 0 bridgehead atoms. The van der Waals surface area contributed by atoms with Gasteiger partial charge in [-0.3, -0.25) is 4.79 Å². The number of carboxylic acid groups (broad SMARTS) is 1. The quantitative estimate of drug-likeness (QED) is 0.786. The van der Waals surface area contributed by atoms with Gasteiger partial charge in [0.25, 0.3) is 0 Å². The summed E-state index contributed by atoms with van der Waals surface area (Å²) in [7, 11) is 0. The third-order valence-corrected chi connectivity index (χ3v) is 4.99. The normalized spacial score (nSPS) is 21.4. The van der Waals surface area contributed by atoms with Crippen molar-refractivity contribution in [1.29, 1.82) is 0 Å². The highest BCUT2D eigenvalue weighted by atomic mass is 19.4. The van der Waals surface area contributed by atoms with Crippen LogP contribution in [0, 0.1) is 17.6 Å². The fourth-order valence-electron chi connectivity index (χ4n) is 3.86. The topological polar surface area (TPSA) is 55.1 Å². The maximum Gasteiger partial charge on any atom is 0.396 e. The Morgan fingerprint density at radius 2 is 2.04 bits per heavy atom.